The van der Waals surface area contributed by atoms with E-state index in [4.69, 9.17) is 21.1 Å². The first-order valence-corrected chi connectivity index (χ1v) is 12.1. The average Bonchev–Trinajstić information content (AvgIpc) is 3.22. The van der Waals surface area contributed by atoms with Crippen molar-refractivity contribution < 1.29 is 14.3 Å². The molecule has 1 amide bonds. The van der Waals surface area contributed by atoms with Crippen LogP contribution in [0.4, 0.5) is 4.79 Å². The molecule has 34 heavy (non-hydrogen) atoms. The lowest BCUT2D eigenvalue weighted by Crippen LogP contribution is -2.41. The van der Waals surface area contributed by atoms with Crippen LogP contribution < -0.4 is 10.1 Å². The van der Waals surface area contributed by atoms with Crippen LogP contribution in [0.2, 0.25) is 5.02 Å². The Morgan fingerprint density at radius 1 is 1.18 bits per heavy atom. The fourth-order valence-electron chi connectivity index (χ4n) is 4.89. The molecule has 6 nitrogen and oxygen atoms in total. The largest absolute Gasteiger partial charge is 0.490 e. The number of amides is 1. The van der Waals surface area contributed by atoms with E-state index in [0.29, 0.717) is 11.6 Å². The van der Waals surface area contributed by atoms with Crippen molar-refractivity contribution in [2.75, 3.05) is 26.2 Å². The van der Waals surface area contributed by atoms with Gasteiger partial charge in [0, 0.05) is 28.2 Å². The minimum atomic E-state index is -0.370. The van der Waals surface area contributed by atoms with Crippen molar-refractivity contribution in [3.05, 3.63) is 64.3 Å². The molecule has 1 fully saturated rings. The zero-order valence-corrected chi connectivity index (χ0v) is 20.0. The Morgan fingerprint density at radius 2 is 1.97 bits per heavy atom. The number of nitrogens with one attached hydrogen (secondary N) is 2. The van der Waals surface area contributed by atoms with Crippen molar-refractivity contribution in [1.29, 1.82) is 0 Å². The molecule has 3 heterocycles. The first-order chi connectivity index (χ1) is 16.6. The standard InChI is InChI=1S/C27H28ClN3O3/c1-2-3-16-33-27(32)31-15-12-22-23-17-19(28)6-9-24(23)30-25(22)26(31)18-4-7-20(8-5-18)34-21-10-13-29-14-11-21/h4-9,17,21,26,29-30H,10-16H2,1H3. The highest BCUT2D eigenvalue weighted by molar-refractivity contribution is 6.31. The maximum absolute atomic E-state index is 13.0. The number of rotatable bonds is 4. The Balaban J connectivity index is 1.48. The highest BCUT2D eigenvalue weighted by Gasteiger charge is 2.35. The van der Waals surface area contributed by atoms with Gasteiger partial charge in [-0.05, 0) is 80.7 Å². The molecule has 1 atom stereocenters. The lowest BCUT2D eigenvalue weighted by molar-refractivity contribution is 0.0993. The van der Waals surface area contributed by atoms with Crippen LogP contribution in [0.1, 0.15) is 42.6 Å². The van der Waals surface area contributed by atoms with E-state index in [9.17, 15) is 4.79 Å². The van der Waals surface area contributed by atoms with Crippen molar-refractivity contribution in [2.24, 2.45) is 0 Å². The Hall–Kier alpha value is -3.14. The number of ether oxygens (including phenoxy) is 2. The smallest absolute Gasteiger partial charge is 0.411 e. The number of carbonyl (C=O) groups is 1. The van der Waals surface area contributed by atoms with Gasteiger partial charge in [0.1, 0.15) is 17.9 Å². The van der Waals surface area contributed by atoms with Crippen molar-refractivity contribution in [3.8, 4) is 17.6 Å². The Morgan fingerprint density at radius 3 is 2.74 bits per heavy atom. The third-order valence-corrected chi connectivity index (χ3v) is 6.79. The molecule has 0 saturated carbocycles. The third kappa shape index (κ3) is 4.59. The van der Waals surface area contributed by atoms with E-state index in [1.807, 2.05) is 42.5 Å². The number of nitrogens with zero attached hydrogens (tertiary/aromatic N) is 1. The molecular weight excluding hydrogens is 450 g/mol. The molecule has 5 rings (SSSR count). The normalized spacial score (nSPS) is 18.2. The molecule has 1 aromatic heterocycles. The van der Waals surface area contributed by atoms with Gasteiger partial charge in [-0.15, -0.1) is 5.92 Å². The van der Waals surface area contributed by atoms with E-state index in [-0.39, 0.29) is 24.8 Å². The zero-order valence-electron chi connectivity index (χ0n) is 19.2. The summed E-state index contributed by atoms with van der Waals surface area (Å²) in [6.45, 7) is 4.32. The first kappa shape index (κ1) is 22.6. The lowest BCUT2D eigenvalue weighted by atomic mass is 9.92. The van der Waals surface area contributed by atoms with Gasteiger partial charge in [-0.1, -0.05) is 29.7 Å². The predicted molar refractivity (Wildman–Crippen MR) is 133 cm³/mol. The van der Waals surface area contributed by atoms with Crippen LogP contribution in [0.3, 0.4) is 0 Å². The van der Waals surface area contributed by atoms with Gasteiger partial charge in [0.15, 0.2) is 6.61 Å². The van der Waals surface area contributed by atoms with Crippen LogP contribution in [0, 0.1) is 11.8 Å². The second kappa shape index (κ2) is 10.0. The topological polar surface area (TPSA) is 66.6 Å². The Bertz CT molecular complexity index is 1240. The molecule has 3 aromatic rings. The molecule has 7 heteroatoms. The van der Waals surface area contributed by atoms with Gasteiger partial charge < -0.3 is 19.8 Å². The number of halogens is 1. The molecule has 2 aliphatic heterocycles. The number of aromatic amines is 1. The maximum atomic E-state index is 13.0. The number of H-pyrrole nitrogens is 1. The van der Waals surface area contributed by atoms with Gasteiger partial charge in [-0.3, -0.25) is 4.90 Å². The van der Waals surface area contributed by atoms with Crippen LogP contribution in [0.25, 0.3) is 10.9 Å². The molecule has 0 bridgehead atoms. The summed E-state index contributed by atoms with van der Waals surface area (Å²) >= 11 is 6.29. The van der Waals surface area contributed by atoms with Crippen LogP contribution in [0.5, 0.6) is 5.75 Å². The summed E-state index contributed by atoms with van der Waals surface area (Å²) in [4.78, 5) is 18.4. The fraction of sp³-hybridized carbons (Fsp3) is 0.370. The number of aromatic nitrogens is 1. The second-order valence-electron chi connectivity index (χ2n) is 8.67. The average molecular weight is 478 g/mol. The summed E-state index contributed by atoms with van der Waals surface area (Å²) in [5.74, 6) is 6.42. The van der Waals surface area contributed by atoms with Gasteiger partial charge in [-0.25, -0.2) is 4.79 Å². The van der Waals surface area contributed by atoms with E-state index < -0.39 is 0 Å². The number of piperidine rings is 1. The Labute approximate surface area is 204 Å². The van der Waals surface area contributed by atoms with Crippen molar-refractivity contribution in [2.45, 2.75) is 38.3 Å². The molecule has 1 saturated heterocycles. The first-order valence-electron chi connectivity index (χ1n) is 11.7. The molecule has 1 unspecified atom stereocenters. The minimum absolute atomic E-state index is 0.0801. The molecule has 0 spiro atoms. The zero-order chi connectivity index (χ0) is 23.5. The monoisotopic (exact) mass is 477 g/mol. The van der Waals surface area contributed by atoms with Crippen molar-refractivity contribution >= 4 is 28.6 Å². The maximum Gasteiger partial charge on any atom is 0.411 e. The third-order valence-electron chi connectivity index (χ3n) is 6.55. The molecule has 0 radical (unpaired) electrons. The molecule has 2 N–H and O–H groups in total. The number of hydrogen-bond acceptors (Lipinski definition) is 4. The van der Waals surface area contributed by atoms with Gasteiger partial charge in [-0.2, -0.15) is 0 Å². The molecule has 2 aliphatic rings. The van der Waals surface area contributed by atoms with Crippen LogP contribution >= 0.6 is 11.6 Å². The number of carbonyl (C=O) groups excluding carboxylic acids is 1. The summed E-state index contributed by atoms with van der Waals surface area (Å²) in [5, 5.41) is 5.16. The highest BCUT2D eigenvalue weighted by atomic mass is 35.5. The molecule has 2 aromatic carbocycles. The number of hydrogen-bond donors (Lipinski definition) is 2. The van der Waals surface area contributed by atoms with Crippen LogP contribution in [-0.4, -0.2) is 48.3 Å². The van der Waals surface area contributed by atoms with Crippen LogP contribution in [0.15, 0.2) is 42.5 Å². The lowest BCUT2D eigenvalue weighted by Gasteiger charge is -2.35. The van der Waals surface area contributed by atoms with Crippen LogP contribution in [-0.2, 0) is 11.2 Å². The van der Waals surface area contributed by atoms with E-state index in [0.717, 1.165) is 60.3 Å². The summed E-state index contributed by atoms with van der Waals surface area (Å²) in [6, 6.07) is 13.6. The summed E-state index contributed by atoms with van der Waals surface area (Å²) in [6.07, 6.45) is 2.60. The summed E-state index contributed by atoms with van der Waals surface area (Å²) < 4.78 is 11.6. The highest BCUT2D eigenvalue weighted by Crippen LogP contribution is 2.39. The quantitative estimate of drug-likeness (QED) is 0.515. The summed E-state index contributed by atoms with van der Waals surface area (Å²) in [5.41, 5.74) is 4.19. The van der Waals surface area contributed by atoms with E-state index in [2.05, 4.69) is 22.1 Å². The van der Waals surface area contributed by atoms with Gasteiger partial charge >= 0.3 is 6.09 Å². The summed E-state index contributed by atoms with van der Waals surface area (Å²) in [7, 11) is 0. The minimum Gasteiger partial charge on any atom is -0.490 e. The van der Waals surface area contributed by atoms with E-state index in [1.54, 1.807) is 11.8 Å². The molecule has 0 aliphatic carbocycles. The predicted octanol–water partition coefficient (Wildman–Crippen LogP) is 5.06. The van der Waals surface area contributed by atoms with Crippen molar-refractivity contribution in [3.63, 3.8) is 0 Å². The number of benzene rings is 2. The Kier molecular flexibility index (Phi) is 6.66. The molecule has 176 valence electrons. The SMILES string of the molecule is CC#CCOC(=O)N1CCc2c([nH]c3ccc(Cl)cc23)C1c1ccc(OC2CCNCC2)cc1. The van der Waals surface area contributed by atoms with Gasteiger partial charge in [0.05, 0.1) is 0 Å². The van der Waals surface area contributed by atoms with Gasteiger partial charge in [0.2, 0.25) is 0 Å². The van der Waals surface area contributed by atoms with E-state index >= 15 is 0 Å². The van der Waals surface area contributed by atoms with Gasteiger partial charge in [0.25, 0.3) is 0 Å². The van der Waals surface area contributed by atoms with Crippen molar-refractivity contribution in [1.82, 2.24) is 15.2 Å². The molecular formula is C27H28ClN3O3. The number of fused-ring (bicyclic) bond motifs is 3. The second-order valence-corrected chi connectivity index (χ2v) is 9.11. The fourth-order valence-corrected chi connectivity index (χ4v) is 5.06. The van der Waals surface area contributed by atoms with E-state index in [1.165, 1.54) is 5.56 Å².